The van der Waals surface area contributed by atoms with Crippen LogP contribution < -0.4 is 5.32 Å². The first-order chi connectivity index (χ1) is 9.19. The number of hydrogen-bond donors (Lipinski definition) is 1. The van der Waals surface area contributed by atoms with E-state index < -0.39 is 17.5 Å². The van der Waals surface area contributed by atoms with Gasteiger partial charge in [0, 0.05) is 24.2 Å². The summed E-state index contributed by atoms with van der Waals surface area (Å²) in [6.07, 6.45) is -4.60. The first kappa shape index (κ1) is 16.7. The first-order valence-corrected chi connectivity index (χ1v) is 6.75. The number of hydrogen-bond acceptors (Lipinski definition) is 3. The second kappa shape index (κ2) is 6.92. The van der Waals surface area contributed by atoms with E-state index in [1.807, 2.05) is 0 Å². The molecule has 0 heterocycles. The van der Waals surface area contributed by atoms with E-state index >= 15 is 0 Å². The summed E-state index contributed by atoms with van der Waals surface area (Å²) < 4.78 is 36.4. The quantitative estimate of drug-likeness (QED) is 0.584. The van der Waals surface area contributed by atoms with Crippen molar-refractivity contribution in [3.63, 3.8) is 0 Å². The predicted octanol–water partition coefficient (Wildman–Crippen LogP) is 4.89. The Morgan fingerprint density at radius 1 is 1.45 bits per heavy atom. The van der Waals surface area contributed by atoms with Crippen molar-refractivity contribution in [3.8, 4) is 0 Å². The molecule has 0 aliphatic carbocycles. The van der Waals surface area contributed by atoms with Gasteiger partial charge in [-0.1, -0.05) is 0 Å². The lowest BCUT2D eigenvalue weighted by atomic mass is 10.1. The highest BCUT2D eigenvalue weighted by atomic mass is 79.9. The molecule has 0 amide bonds. The van der Waals surface area contributed by atoms with Crippen LogP contribution in [0.15, 0.2) is 22.7 Å². The van der Waals surface area contributed by atoms with Crippen molar-refractivity contribution in [3.05, 3.63) is 32.8 Å². The second-order valence-electron chi connectivity index (χ2n) is 4.48. The summed E-state index contributed by atoms with van der Waals surface area (Å²) in [4.78, 5) is 10.2. The summed E-state index contributed by atoms with van der Waals surface area (Å²) in [5, 5.41) is 13.7. The van der Waals surface area contributed by atoms with Gasteiger partial charge in [-0.2, -0.15) is 13.2 Å². The Kier molecular flexibility index (Phi) is 5.79. The van der Waals surface area contributed by atoms with E-state index in [-0.39, 0.29) is 18.2 Å². The molecule has 0 aliphatic heterocycles. The van der Waals surface area contributed by atoms with Crippen LogP contribution in [0.1, 0.15) is 26.2 Å². The lowest BCUT2D eigenvalue weighted by Gasteiger charge is -2.15. The van der Waals surface area contributed by atoms with E-state index in [2.05, 4.69) is 21.2 Å². The molecule has 1 aromatic rings. The third-order valence-electron chi connectivity index (χ3n) is 2.65. The average molecular weight is 355 g/mol. The minimum atomic E-state index is -4.14. The van der Waals surface area contributed by atoms with Crippen molar-refractivity contribution < 1.29 is 18.1 Å². The molecule has 112 valence electrons. The third kappa shape index (κ3) is 5.77. The summed E-state index contributed by atoms with van der Waals surface area (Å²) in [7, 11) is 0. The Morgan fingerprint density at radius 3 is 2.65 bits per heavy atom. The van der Waals surface area contributed by atoms with Crippen molar-refractivity contribution in [1.29, 1.82) is 0 Å². The number of halogens is 4. The highest BCUT2D eigenvalue weighted by molar-refractivity contribution is 9.10. The van der Waals surface area contributed by atoms with Crippen LogP contribution in [0.3, 0.4) is 0 Å². The molecule has 1 atom stereocenters. The summed E-state index contributed by atoms with van der Waals surface area (Å²) in [6.45, 7) is 1.74. The summed E-state index contributed by atoms with van der Waals surface area (Å²) in [5.41, 5.74) is 0.428. The number of nitrogens with zero attached hydrogens (tertiary/aromatic N) is 1. The molecule has 1 N–H and O–H groups in total. The van der Waals surface area contributed by atoms with Crippen molar-refractivity contribution in [2.24, 2.45) is 0 Å². The van der Waals surface area contributed by atoms with Gasteiger partial charge in [-0.15, -0.1) is 0 Å². The fourth-order valence-electron chi connectivity index (χ4n) is 1.71. The van der Waals surface area contributed by atoms with Gasteiger partial charge < -0.3 is 5.32 Å². The fourth-order valence-corrected chi connectivity index (χ4v) is 2.10. The van der Waals surface area contributed by atoms with E-state index in [1.165, 1.54) is 12.1 Å². The SMILES string of the molecule is CC(CCCC(F)(F)F)Nc1ccc(Br)c([N+](=O)[O-])c1. The van der Waals surface area contributed by atoms with E-state index in [0.29, 0.717) is 16.6 Å². The Bertz CT molecular complexity index is 480. The zero-order valence-electron chi connectivity index (χ0n) is 10.7. The number of nitro benzene ring substituents is 1. The lowest BCUT2D eigenvalue weighted by molar-refractivity contribution is -0.385. The highest BCUT2D eigenvalue weighted by Gasteiger charge is 2.26. The molecule has 0 spiro atoms. The van der Waals surface area contributed by atoms with Gasteiger partial charge in [0.2, 0.25) is 0 Å². The van der Waals surface area contributed by atoms with Crippen LogP contribution in [0.4, 0.5) is 24.5 Å². The molecule has 1 unspecified atom stereocenters. The molecule has 8 heteroatoms. The molecule has 1 rings (SSSR count). The van der Waals surface area contributed by atoms with Crippen molar-refractivity contribution >= 4 is 27.3 Å². The molecule has 20 heavy (non-hydrogen) atoms. The Hall–Kier alpha value is -1.31. The van der Waals surface area contributed by atoms with Gasteiger partial charge in [0.15, 0.2) is 0 Å². The van der Waals surface area contributed by atoms with Crippen molar-refractivity contribution in [2.45, 2.75) is 38.4 Å². The fraction of sp³-hybridized carbons (Fsp3) is 0.500. The van der Waals surface area contributed by atoms with Gasteiger partial charge in [-0.3, -0.25) is 10.1 Å². The predicted molar refractivity (Wildman–Crippen MR) is 73.8 cm³/mol. The molecule has 0 bridgehead atoms. The van der Waals surface area contributed by atoms with Crippen LogP contribution in [-0.2, 0) is 0 Å². The van der Waals surface area contributed by atoms with Gasteiger partial charge in [-0.25, -0.2) is 0 Å². The summed E-state index contributed by atoms with van der Waals surface area (Å²) in [5.74, 6) is 0. The van der Waals surface area contributed by atoms with E-state index in [4.69, 9.17) is 0 Å². The minimum Gasteiger partial charge on any atom is -0.382 e. The number of benzene rings is 1. The molecule has 0 radical (unpaired) electrons. The molecule has 4 nitrogen and oxygen atoms in total. The van der Waals surface area contributed by atoms with Crippen molar-refractivity contribution in [1.82, 2.24) is 0 Å². The van der Waals surface area contributed by atoms with Crippen LogP contribution >= 0.6 is 15.9 Å². The van der Waals surface area contributed by atoms with E-state index in [9.17, 15) is 23.3 Å². The van der Waals surface area contributed by atoms with Gasteiger partial charge in [0.1, 0.15) is 0 Å². The number of nitro groups is 1. The van der Waals surface area contributed by atoms with Crippen LogP contribution in [0, 0.1) is 10.1 Å². The lowest BCUT2D eigenvalue weighted by Crippen LogP contribution is -2.16. The average Bonchev–Trinajstić information content (AvgIpc) is 2.29. The summed E-state index contributed by atoms with van der Waals surface area (Å²) >= 11 is 3.07. The number of anilines is 1. The Morgan fingerprint density at radius 2 is 2.10 bits per heavy atom. The van der Waals surface area contributed by atoms with Gasteiger partial charge in [-0.05, 0) is 47.8 Å². The smallest absolute Gasteiger partial charge is 0.382 e. The number of rotatable bonds is 6. The van der Waals surface area contributed by atoms with Gasteiger partial charge in [0.25, 0.3) is 5.69 Å². The van der Waals surface area contributed by atoms with Crippen LogP contribution in [0.2, 0.25) is 0 Å². The maximum absolute atomic E-state index is 12.0. The standard InChI is InChI=1S/C12H14BrF3N2O2/c1-8(3-2-6-12(14,15)16)17-9-4-5-10(13)11(7-9)18(19)20/h4-5,7-8,17H,2-3,6H2,1H3. The maximum atomic E-state index is 12.0. The molecule has 0 aliphatic rings. The van der Waals surface area contributed by atoms with Crippen LogP contribution in [-0.4, -0.2) is 17.1 Å². The van der Waals surface area contributed by atoms with Crippen LogP contribution in [0.25, 0.3) is 0 Å². The zero-order chi connectivity index (χ0) is 15.3. The number of nitrogens with one attached hydrogen (secondary N) is 1. The zero-order valence-corrected chi connectivity index (χ0v) is 12.3. The largest absolute Gasteiger partial charge is 0.389 e. The molecular weight excluding hydrogens is 341 g/mol. The second-order valence-corrected chi connectivity index (χ2v) is 5.33. The minimum absolute atomic E-state index is 0.0241. The highest BCUT2D eigenvalue weighted by Crippen LogP contribution is 2.28. The Labute approximate surface area is 122 Å². The molecule has 1 aromatic carbocycles. The monoisotopic (exact) mass is 354 g/mol. The molecule has 0 saturated heterocycles. The number of alkyl halides is 3. The van der Waals surface area contributed by atoms with Crippen molar-refractivity contribution in [2.75, 3.05) is 5.32 Å². The third-order valence-corrected chi connectivity index (χ3v) is 3.32. The molecule has 0 saturated carbocycles. The van der Waals surface area contributed by atoms with Crippen LogP contribution in [0.5, 0.6) is 0 Å². The normalized spacial score (nSPS) is 13.1. The molecule has 0 fully saturated rings. The molecular formula is C12H14BrF3N2O2. The topological polar surface area (TPSA) is 55.2 Å². The first-order valence-electron chi connectivity index (χ1n) is 5.96. The van der Waals surface area contributed by atoms with E-state index in [0.717, 1.165) is 0 Å². The van der Waals surface area contributed by atoms with E-state index in [1.54, 1.807) is 13.0 Å². The Balaban J connectivity index is 2.56. The van der Waals surface area contributed by atoms with Gasteiger partial charge >= 0.3 is 6.18 Å². The summed E-state index contributed by atoms with van der Waals surface area (Å²) in [6, 6.07) is 4.32. The molecule has 0 aromatic heterocycles. The van der Waals surface area contributed by atoms with Gasteiger partial charge in [0.05, 0.1) is 9.40 Å². The maximum Gasteiger partial charge on any atom is 0.389 e.